The highest BCUT2D eigenvalue weighted by atomic mass is 35.5. The summed E-state index contributed by atoms with van der Waals surface area (Å²) in [5.41, 5.74) is 0. The van der Waals surface area contributed by atoms with Gasteiger partial charge in [-0.25, -0.2) is 0 Å². The number of hydrogen-bond donors (Lipinski definition) is 2. The van der Waals surface area contributed by atoms with Gasteiger partial charge >= 0.3 is 0 Å². The van der Waals surface area contributed by atoms with Crippen LogP contribution in [0.5, 0.6) is 0 Å². The van der Waals surface area contributed by atoms with Crippen molar-refractivity contribution in [2.24, 2.45) is 11.8 Å². The summed E-state index contributed by atoms with van der Waals surface area (Å²) in [7, 11) is 1.63. The van der Waals surface area contributed by atoms with Crippen LogP contribution in [0.25, 0.3) is 0 Å². The first-order chi connectivity index (χ1) is 11.1. The third-order valence-corrected chi connectivity index (χ3v) is 4.78. The van der Waals surface area contributed by atoms with Gasteiger partial charge in [-0.3, -0.25) is 19.3 Å². The highest BCUT2D eigenvalue weighted by molar-refractivity contribution is 6.08. The molecule has 3 amide bonds. The van der Waals surface area contributed by atoms with E-state index < -0.39 is 0 Å². The van der Waals surface area contributed by atoms with Gasteiger partial charge in [-0.1, -0.05) is 0 Å². The monoisotopic (exact) mass is 361 g/mol. The lowest BCUT2D eigenvalue weighted by molar-refractivity contribution is -0.145. The first kappa shape index (κ1) is 19.1. The highest BCUT2D eigenvalue weighted by Crippen LogP contribution is 2.48. The molecule has 3 rings (SSSR count). The Hall–Kier alpha value is -1.22. The number of carbonyl (C=O) groups excluding carboxylic acids is 3. The molecule has 0 saturated carbocycles. The Morgan fingerprint density at radius 1 is 1.17 bits per heavy atom. The number of likely N-dealkylation sites (tertiary alicyclic amines) is 1. The van der Waals surface area contributed by atoms with Crippen molar-refractivity contribution in [2.45, 2.75) is 25.0 Å². The van der Waals surface area contributed by atoms with E-state index in [-0.39, 0.29) is 60.7 Å². The summed E-state index contributed by atoms with van der Waals surface area (Å²) in [6.45, 7) is 2.18. The molecule has 9 heteroatoms. The van der Waals surface area contributed by atoms with Gasteiger partial charge in [0, 0.05) is 26.7 Å². The molecule has 3 aliphatic heterocycles. The number of amides is 3. The number of fused-ring (bicyclic) bond motifs is 5. The molecule has 0 aromatic rings. The highest BCUT2D eigenvalue weighted by Gasteiger charge is 2.62. The number of rotatable bonds is 8. The van der Waals surface area contributed by atoms with Crippen LogP contribution in [-0.4, -0.2) is 74.7 Å². The average Bonchev–Trinajstić information content (AvgIpc) is 3.20. The minimum atomic E-state index is -0.371. The van der Waals surface area contributed by atoms with E-state index in [4.69, 9.17) is 9.47 Å². The van der Waals surface area contributed by atoms with Crippen molar-refractivity contribution >= 4 is 30.1 Å². The zero-order valence-corrected chi connectivity index (χ0v) is 14.5. The zero-order chi connectivity index (χ0) is 16.4. The van der Waals surface area contributed by atoms with Gasteiger partial charge in [-0.15, -0.1) is 12.4 Å². The van der Waals surface area contributed by atoms with Gasteiger partial charge in [0.25, 0.3) is 0 Å². The molecule has 0 spiro atoms. The van der Waals surface area contributed by atoms with E-state index in [0.29, 0.717) is 26.2 Å². The van der Waals surface area contributed by atoms with Crippen molar-refractivity contribution in [3.8, 4) is 0 Å². The molecule has 3 fully saturated rings. The van der Waals surface area contributed by atoms with Gasteiger partial charge in [-0.05, 0) is 12.8 Å². The number of imide groups is 1. The van der Waals surface area contributed by atoms with Gasteiger partial charge in [0.2, 0.25) is 17.7 Å². The van der Waals surface area contributed by atoms with Gasteiger partial charge < -0.3 is 20.1 Å². The maximum atomic E-state index is 12.4. The van der Waals surface area contributed by atoms with Crippen LogP contribution in [0.2, 0.25) is 0 Å². The van der Waals surface area contributed by atoms with E-state index in [1.165, 1.54) is 0 Å². The predicted molar refractivity (Wildman–Crippen MR) is 86.6 cm³/mol. The molecule has 3 aliphatic rings. The quantitative estimate of drug-likeness (QED) is 0.422. The average molecular weight is 362 g/mol. The second kappa shape index (κ2) is 8.24. The third-order valence-electron chi connectivity index (χ3n) is 4.78. The second-order valence-corrected chi connectivity index (χ2v) is 6.20. The molecule has 4 atom stereocenters. The smallest absolute Gasteiger partial charge is 0.240 e. The van der Waals surface area contributed by atoms with Crippen LogP contribution in [0, 0.1) is 11.8 Å². The minimum Gasteiger partial charge on any atom is -0.383 e. The van der Waals surface area contributed by atoms with Crippen LogP contribution in [0.1, 0.15) is 12.8 Å². The SMILES string of the molecule is COCCNCCNC(=O)CN1C(=O)C2C3CCC(O3)C2C1=O.Cl. The van der Waals surface area contributed by atoms with Gasteiger partial charge in [-0.2, -0.15) is 0 Å². The predicted octanol–water partition coefficient (Wildman–Crippen LogP) is -1.08. The van der Waals surface area contributed by atoms with Crippen molar-refractivity contribution in [1.29, 1.82) is 0 Å². The summed E-state index contributed by atoms with van der Waals surface area (Å²) in [4.78, 5) is 37.8. The van der Waals surface area contributed by atoms with Crippen LogP contribution in [0.15, 0.2) is 0 Å². The number of halogens is 1. The van der Waals surface area contributed by atoms with Crippen LogP contribution in [0.3, 0.4) is 0 Å². The third kappa shape index (κ3) is 3.56. The fourth-order valence-corrected chi connectivity index (χ4v) is 3.72. The van der Waals surface area contributed by atoms with E-state index in [1.54, 1.807) is 7.11 Å². The van der Waals surface area contributed by atoms with Crippen LogP contribution in [0.4, 0.5) is 0 Å². The van der Waals surface area contributed by atoms with Crippen LogP contribution in [-0.2, 0) is 23.9 Å². The molecule has 0 radical (unpaired) electrons. The molecule has 2 N–H and O–H groups in total. The summed E-state index contributed by atoms with van der Waals surface area (Å²) in [5, 5.41) is 5.81. The Balaban J connectivity index is 0.00000208. The molecule has 24 heavy (non-hydrogen) atoms. The molecule has 0 aromatic carbocycles. The van der Waals surface area contributed by atoms with E-state index >= 15 is 0 Å². The van der Waals surface area contributed by atoms with E-state index in [2.05, 4.69) is 10.6 Å². The molecule has 8 nitrogen and oxygen atoms in total. The van der Waals surface area contributed by atoms with E-state index in [9.17, 15) is 14.4 Å². The summed E-state index contributed by atoms with van der Waals surface area (Å²) in [6, 6.07) is 0. The number of ether oxygens (including phenoxy) is 2. The molecule has 0 aromatic heterocycles. The van der Waals surface area contributed by atoms with Crippen molar-refractivity contribution < 1.29 is 23.9 Å². The normalized spacial score (nSPS) is 30.5. The van der Waals surface area contributed by atoms with Crippen LogP contribution < -0.4 is 10.6 Å². The lowest BCUT2D eigenvalue weighted by Crippen LogP contribution is -2.43. The summed E-state index contributed by atoms with van der Waals surface area (Å²) < 4.78 is 10.6. The largest absolute Gasteiger partial charge is 0.383 e. The van der Waals surface area contributed by atoms with Crippen molar-refractivity contribution in [3.63, 3.8) is 0 Å². The Labute approximate surface area is 147 Å². The lowest BCUT2D eigenvalue weighted by Gasteiger charge is -2.17. The number of nitrogens with one attached hydrogen (secondary N) is 2. The van der Waals surface area contributed by atoms with Gasteiger partial charge in [0.1, 0.15) is 6.54 Å². The molecule has 136 valence electrons. The molecule has 0 aliphatic carbocycles. The Morgan fingerprint density at radius 3 is 2.38 bits per heavy atom. The minimum absolute atomic E-state index is 0. The Kier molecular flexibility index (Phi) is 6.56. The topological polar surface area (TPSA) is 97.0 Å². The summed E-state index contributed by atoms with van der Waals surface area (Å²) in [5.74, 6) is -1.55. The standard InChI is InChI=1S/C15H23N3O5.ClH/c1-22-7-6-16-4-5-17-11(19)8-18-14(20)12-9-2-3-10(23-9)13(12)15(18)21;/h9-10,12-13,16H,2-8H2,1H3,(H,17,19);1H. The number of hydrogen-bond acceptors (Lipinski definition) is 6. The zero-order valence-electron chi connectivity index (χ0n) is 13.7. The van der Waals surface area contributed by atoms with Crippen molar-refractivity contribution in [3.05, 3.63) is 0 Å². The Morgan fingerprint density at radius 2 is 1.79 bits per heavy atom. The molecule has 3 heterocycles. The second-order valence-electron chi connectivity index (χ2n) is 6.20. The molecule has 4 unspecified atom stereocenters. The van der Waals surface area contributed by atoms with Gasteiger partial charge in [0.15, 0.2) is 0 Å². The molecule has 2 bridgehead atoms. The Bertz CT molecular complexity index is 476. The maximum absolute atomic E-state index is 12.4. The molecular formula is C15H24ClN3O5. The number of methoxy groups -OCH3 is 1. The summed E-state index contributed by atoms with van der Waals surface area (Å²) >= 11 is 0. The maximum Gasteiger partial charge on any atom is 0.240 e. The summed E-state index contributed by atoms with van der Waals surface area (Å²) in [6.07, 6.45) is 1.38. The van der Waals surface area contributed by atoms with Crippen LogP contribution >= 0.6 is 12.4 Å². The van der Waals surface area contributed by atoms with Crippen molar-refractivity contribution in [1.82, 2.24) is 15.5 Å². The number of carbonyl (C=O) groups is 3. The first-order valence-corrected chi connectivity index (χ1v) is 8.10. The fourth-order valence-electron chi connectivity index (χ4n) is 3.72. The molecule has 3 saturated heterocycles. The number of nitrogens with zero attached hydrogens (tertiary/aromatic N) is 1. The van der Waals surface area contributed by atoms with E-state index in [1.807, 2.05) is 0 Å². The first-order valence-electron chi connectivity index (χ1n) is 8.10. The molecular weight excluding hydrogens is 338 g/mol. The van der Waals surface area contributed by atoms with Crippen molar-refractivity contribution in [2.75, 3.05) is 39.9 Å². The fraction of sp³-hybridized carbons (Fsp3) is 0.800. The van der Waals surface area contributed by atoms with E-state index in [0.717, 1.165) is 17.7 Å². The van der Waals surface area contributed by atoms with Gasteiger partial charge in [0.05, 0.1) is 30.7 Å². The lowest BCUT2D eigenvalue weighted by atomic mass is 9.81.